The topological polar surface area (TPSA) is 42.2 Å². The fraction of sp³-hybridized carbons (Fsp3) is 0.550. The van der Waals surface area contributed by atoms with E-state index in [0.29, 0.717) is 11.5 Å². The van der Waals surface area contributed by atoms with E-state index in [1.807, 2.05) is 6.07 Å². The van der Waals surface area contributed by atoms with Crippen molar-refractivity contribution in [3.8, 4) is 0 Å². The van der Waals surface area contributed by atoms with Gasteiger partial charge in [-0.1, -0.05) is 40.5 Å². The lowest BCUT2D eigenvalue weighted by Gasteiger charge is -2.11. The van der Waals surface area contributed by atoms with Crippen molar-refractivity contribution in [1.29, 1.82) is 0 Å². The quantitative estimate of drug-likeness (QED) is 0.688. The fourth-order valence-electron chi connectivity index (χ4n) is 3.10. The second-order valence-corrected chi connectivity index (χ2v) is 6.73. The van der Waals surface area contributed by atoms with Gasteiger partial charge in [0.25, 0.3) is 0 Å². The highest BCUT2D eigenvalue weighted by molar-refractivity contribution is 6.04. The summed E-state index contributed by atoms with van der Waals surface area (Å²) in [4.78, 5) is 11.8. The molecular formula is C20H29NO2. The highest BCUT2D eigenvalue weighted by Gasteiger charge is 2.18. The number of aromatic nitrogens is 1. The number of carboxylic acid groups (broad SMARTS) is 1. The molecule has 1 aromatic carbocycles. The van der Waals surface area contributed by atoms with Crippen molar-refractivity contribution < 1.29 is 9.90 Å². The van der Waals surface area contributed by atoms with Gasteiger partial charge < -0.3 is 9.67 Å². The Labute approximate surface area is 139 Å². The third kappa shape index (κ3) is 3.77. The first-order valence-corrected chi connectivity index (χ1v) is 8.88. The molecule has 2 rings (SSSR count). The normalized spacial score (nSPS) is 11.5. The summed E-state index contributed by atoms with van der Waals surface area (Å²) in [5, 5.41) is 10.8. The molecule has 0 unspecified atom stereocenters. The number of aromatic carboxylic acids is 1. The van der Waals surface area contributed by atoms with E-state index in [1.165, 1.54) is 5.56 Å². The molecule has 0 atom stereocenters. The zero-order chi connectivity index (χ0) is 17.0. The molecule has 0 saturated heterocycles. The maximum atomic E-state index is 11.8. The number of nitrogens with zero attached hydrogens (tertiary/aromatic N) is 1. The largest absolute Gasteiger partial charge is 0.478 e. The number of hydrogen-bond acceptors (Lipinski definition) is 1. The van der Waals surface area contributed by atoms with E-state index in [4.69, 9.17) is 0 Å². The predicted octanol–water partition coefficient (Wildman–Crippen LogP) is 5.61. The molecule has 1 heterocycles. The molecule has 0 bridgehead atoms. The Morgan fingerprint density at radius 1 is 1.17 bits per heavy atom. The number of aryl methyl sites for hydroxylation is 2. The first-order chi connectivity index (χ1) is 11.0. The van der Waals surface area contributed by atoms with Gasteiger partial charge in [0.2, 0.25) is 0 Å². The lowest BCUT2D eigenvalue weighted by atomic mass is 9.96. The van der Waals surface area contributed by atoms with Crippen LogP contribution in [0.3, 0.4) is 0 Å². The average molecular weight is 315 g/mol. The summed E-state index contributed by atoms with van der Waals surface area (Å²) < 4.78 is 2.16. The van der Waals surface area contributed by atoms with Gasteiger partial charge in [0, 0.05) is 18.1 Å². The van der Waals surface area contributed by atoms with Gasteiger partial charge in [-0.05, 0) is 48.4 Å². The Balaban J connectivity index is 2.68. The number of rotatable bonds is 8. The van der Waals surface area contributed by atoms with Crippen LogP contribution >= 0.6 is 0 Å². The van der Waals surface area contributed by atoms with Crippen molar-refractivity contribution in [3.63, 3.8) is 0 Å². The number of unbranched alkanes of at least 4 members (excludes halogenated alkanes) is 2. The molecule has 1 aromatic heterocycles. The van der Waals surface area contributed by atoms with Gasteiger partial charge in [0.05, 0.1) is 11.1 Å². The van der Waals surface area contributed by atoms with E-state index in [2.05, 4.69) is 44.5 Å². The van der Waals surface area contributed by atoms with Crippen molar-refractivity contribution in [2.24, 2.45) is 0 Å². The smallest absolute Gasteiger partial charge is 0.337 e. The Hall–Kier alpha value is -1.77. The lowest BCUT2D eigenvalue weighted by Crippen LogP contribution is -2.05. The van der Waals surface area contributed by atoms with E-state index in [1.54, 1.807) is 0 Å². The van der Waals surface area contributed by atoms with Gasteiger partial charge in [-0.25, -0.2) is 4.79 Å². The van der Waals surface area contributed by atoms with Gasteiger partial charge in [-0.3, -0.25) is 0 Å². The van der Waals surface area contributed by atoms with Crippen molar-refractivity contribution >= 4 is 16.9 Å². The van der Waals surface area contributed by atoms with E-state index in [-0.39, 0.29) is 0 Å². The van der Waals surface area contributed by atoms with Crippen LogP contribution in [0.1, 0.15) is 80.8 Å². The molecule has 0 fully saturated rings. The van der Waals surface area contributed by atoms with Crippen molar-refractivity contribution in [2.45, 2.75) is 72.3 Å². The van der Waals surface area contributed by atoms with Crippen LogP contribution in [-0.2, 0) is 13.0 Å². The first-order valence-electron chi connectivity index (χ1n) is 8.88. The van der Waals surface area contributed by atoms with E-state index < -0.39 is 5.97 Å². The molecule has 126 valence electrons. The summed E-state index contributed by atoms with van der Waals surface area (Å²) in [6, 6.07) is 4.07. The van der Waals surface area contributed by atoms with Crippen LogP contribution in [-0.4, -0.2) is 15.6 Å². The highest BCUT2D eigenvalue weighted by atomic mass is 16.4. The van der Waals surface area contributed by atoms with Gasteiger partial charge in [0.1, 0.15) is 0 Å². The van der Waals surface area contributed by atoms with E-state index in [0.717, 1.165) is 55.1 Å². The van der Waals surface area contributed by atoms with E-state index >= 15 is 0 Å². The molecule has 0 aliphatic carbocycles. The predicted molar refractivity (Wildman–Crippen MR) is 96.5 cm³/mol. The van der Waals surface area contributed by atoms with Gasteiger partial charge in [0.15, 0.2) is 0 Å². The zero-order valence-electron chi connectivity index (χ0n) is 14.9. The van der Waals surface area contributed by atoms with Crippen LogP contribution in [0.25, 0.3) is 10.9 Å². The number of benzene rings is 1. The summed E-state index contributed by atoms with van der Waals surface area (Å²) in [6.07, 6.45) is 7.68. The molecule has 23 heavy (non-hydrogen) atoms. The molecule has 3 nitrogen and oxygen atoms in total. The summed E-state index contributed by atoms with van der Waals surface area (Å²) in [5.41, 5.74) is 3.76. The SMILES string of the molecule is CCCCc1cn(CCCC)c2c(C(=O)O)cc(C(C)C)cc12. The molecule has 0 radical (unpaired) electrons. The maximum Gasteiger partial charge on any atom is 0.337 e. The molecule has 2 aromatic rings. The fourth-order valence-corrected chi connectivity index (χ4v) is 3.10. The van der Waals surface area contributed by atoms with Crippen LogP contribution in [0.4, 0.5) is 0 Å². The zero-order valence-corrected chi connectivity index (χ0v) is 14.9. The minimum Gasteiger partial charge on any atom is -0.478 e. The van der Waals surface area contributed by atoms with Gasteiger partial charge >= 0.3 is 5.97 Å². The summed E-state index contributed by atoms with van der Waals surface area (Å²) in [5.74, 6) is -0.495. The van der Waals surface area contributed by atoms with Crippen LogP contribution in [0, 0.1) is 0 Å². The third-order valence-corrected chi connectivity index (χ3v) is 4.53. The first kappa shape index (κ1) is 17.6. The molecule has 0 amide bonds. The van der Waals surface area contributed by atoms with Crippen molar-refractivity contribution in [2.75, 3.05) is 0 Å². The number of carbonyl (C=O) groups is 1. The second-order valence-electron chi connectivity index (χ2n) is 6.73. The molecule has 0 saturated carbocycles. The number of fused-ring (bicyclic) bond motifs is 1. The monoisotopic (exact) mass is 315 g/mol. The number of carboxylic acids is 1. The van der Waals surface area contributed by atoms with Crippen LogP contribution in [0.15, 0.2) is 18.3 Å². The van der Waals surface area contributed by atoms with Gasteiger partial charge in [-0.15, -0.1) is 0 Å². The summed E-state index contributed by atoms with van der Waals surface area (Å²) >= 11 is 0. The number of hydrogen-bond donors (Lipinski definition) is 1. The standard InChI is InChI=1S/C20H29NO2/c1-5-7-9-15-13-21(10-8-6-2)19-17(15)11-16(14(3)4)12-18(19)20(22)23/h11-14H,5-10H2,1-4H3,(H,22,23). The minimum absolute atomic E-state index is 0.329. The van der Waals surface area contributed by atoms with E-state index in [9.17, 15) is 9.90 Å². The Morgan fingerprint density at radius 2 is 1.87 bits per heavy atom. The molecule has 0 aliphatic rings. The molecule has 0 aliphatic heterocycles. The van der Waals surface area contributed by atoms with Crippen molar-refractivity contribution in [3.05, 3.63) is 35.0 Å². The maximum absolute atomic E-state index is 11.8. The van der Waals surface area contributed by atoms with Crippen LogP contribution in [0.2, 0.25) is 0 Å². The Morgan fingerprint density at radius 3 is 2.43 bits per heavy atom. The molecule has 1 N–H and O–H groups in total. The van der Waals surface area contributed by atoms with Crippen molar-refractivity contribution in [1.82, 2.24) is 4.57 Å². The third-order valence-electron chi connectivity index (χ3n) is 4.53. The Kier molecular flexibility index (Phi) is 5.86. The van der Waals surface area contributed by atoms with Gasteiger partial charge in [-0.2, -0.15) is 0 Å². The lowest BCUT2D eigenvalue weighted by molar-refractivity contribution is 0.0698. The molecular weight excluding hydrogens is 286 g/mol. The van der Waals surface area contributed by atoms with Crippen LogP contribution in [0.5, 0.6) is 0 Å². The Bertz CT molecular complexity index is 682. The second kappa shape index (κ2) is 7.67. The summed E-state index contributed by atoms with van der Waals surface area (Å²) in [6.45, 7) is 9.48. The highest BCUT2D eigenvalue weighted by Crippen LogP contribution is 2.31. The minimum atomic E-state index is -0.824. The summed E-state index contributed by atoms with van der Waals surface area (Å²) in [7, 11) is 0. The molecule has 3 heteroatoms. The van der Waals surface area contributed by atoms with Crippen LogP contribution < -0.4 is 0 Å². The molecule has 0 spiro atoms. The average Bonchev–Trinajstić information content (AvgIpc) is 2.87.